The molecule has 0 amide bonds. The van der Waals surface area contributed by atoms with E-state index >= 15 is 0 Å². The summed E-state index contributed by atoms with van der Waals surface area (Å²) in [4.78, 5) is 0. The minimum atomic E-state index is -3.98. The van der Waals surface area contributed by atoms with Gasteiger partial charge in [0, 0.05) is 19.6 Å². The maximum absolute atomic E-state index is 11.7. The second-order valence-electron chi connectivity index (χ2n) is 3.33. The average molecular weight is 212 g/mol. The molecule has 0 saturated heterocycles. The van der Waals surface area contributed by atoms with Gasteiger partial charge in [0.2, 0.25) is 0 Å². The largest absolute Gasteiger partial charge is 0.389 e. The summed E-state index contributed by atoms with van der Waals surface area (Å²) in [7, 11) is 0. The van der Waals surface area contributed by atoms with Crippen LogP contribution >= 0.6 is 0 Å². The third-order valence-corrected chi connectivity index (χ3v) is 1.95. The first-order valence-corrected chi connectivity index (χ1v) is 5.20. The van der Waals surface area contributed by atoms with Gasteiger partial charge in [-0.1, -0.05) is 19.3 Å². The number of ether oxygens (including phenoxy) is 1. The molecule has 0 atom stereocenters. The van der Waals surface area contributed by atoms with Gasteiger partial charge in [-0.2, -0.15) is 13.2 Å². The topological polar surface area (TPSA) is 9.23 Å². The average Bonchev–Trinajstić information content (AvgIpc) is 2.08. The van der Waals surface area contributed by atoms with E-state index in [-0.39, 0.29) is 6.42 Å². The van der Waals surface area contributed by atoms with Gasteiger partial charge in [-0.25, -0.2) is 0 Å². The van der Waals surface area contributed by atoms with Crippen LogP contribution in [0.25, 0.3) is 0 Å². The maximum atomic E-state index is 11.7. The SMILES string of the molecule is CCOCCCCCCCC(F)(F)F. The van der Waals surface area contributed by atoms with Gasteiger partial charge in [0.25, 0.3) is 0 Å². The van der Waals surface area contributed by atoms with E-state index in [4.69, 9.17) is 4.74 Å². The molecule has 0 radical (unpaired) electrons. The Morgan fingerprint density at radius 3 is 2.07 bits per heavy atom. The fourth-order valence-electron chi connectivity index (χ4n) is 1.20. The first-order valence-electron chi connectivity index (χ1n) is 5.20. The monoisotopic (exact) mass is 212 g/mol. The van der Waals surface area contributed by atoms with Crippen LogP contribution < -0.4 is 0 Å². The standard InChI is InChI=1S/C10H19F3O/c1-2-14-9-7-5-3-4-6-8-10(11,12)13/h2-9H2,1H3. The van der Waals surface area contributed by atoms with E-state index in [9.17, 15) is 13.2 Å². The number of alkyl halides is 3. The molecule has 0 aromatic heterocycles. The van der Waals surface area contributed by atoms with E-state index in [1.54, 1.807) is 0 Å². The second kappa shape index (κ2) is 8.09. The van der Waals surface area contributed by atoms with Gasteiger partial charge < -0.3 is 4.74 Å². The van der Waals surface area contributed by atoms with Crippen LogP contribution in [0.1, 0.15) is 45.4 Å². The van der Waals surface area contributed by atoms with Gasteiger partial charge in [0.05, 0.1) is 0 Å². The van der Waals surface area contributed by atoms with Crippen LogP contribution in [-0.4, -0.2) is 19.4 Å². The molecule has 0 rings (SSSR count). The lowest BCUT2D eigenvalue weighted by Gasteiger charge is -2.05. The van der Waals surface area contributed by atoms with Crippen LogP contribution in [-0.2, 0) is 4.74 Å². The molecule has 0 N–H and O–H groups in total. The highest BCUT2D eigenvalue weighted by atomic mass is 19.4. The zero-order valence-corrected chi connectivity index (χ0v) is 8.70. The van der Waals surface area contributed by atoms with Crippen molar-refractivity contribution in [2.45, 2.75) is 51.6 Å². The normalized spacial score (nSPS) is 12.0. The Morgan fingerprint density at radius 1 is 0.929 bits per heavy atom. The van der Waals surface area contributed by atoms with Crippen LogP contribution in [0.3, 0.4) is 0 Å². The van der Waals surface area contributed by atoms with E-state index in [1.807, 2.05) is 6.92 Å². The van der Waals surface area contributed by atoms with E-state index in [2.05, 4.69) is 0 Å². The summed E-state index contributed by atoms with van der Waals surface area (Å²) in [5.74, 6) is 0. The molecule has 0 spiro atoms. The van der Waals surface area contributed by atoms with Gasteiger partial charge in [-0.15, -0.1) is 0 Å². The van der Waals surface area contributed by atoms with Gasteiger partial charge in [0.1, 0.15) is 0 Å². The fourth-order valence-corrected chi connectivity index (χ4v) is 1.20. The third-order valence-electron chi connectivity index (χ3n) is 1.95. The lowest BCUT2D eigenvalue weighted by atomic mass is 10.1. The smallest absolute Gasteiger partial charge is 0.382 e. The predicted octanol–water partition coefficient (Wildman–Crippen LogP) is 3.93. The van der Waals surface area contributed by atoms with Crippen molar-refractivity contribution in [2.75, 3.05) is 13.2 Å². The van der Waals surface area contributed by atoms with E-state index < -0.39 is 12.6 Å². The fraction of sp³-hybridized carbons (Fsp3) is 1.00. The van der Waals surface area contributed by atoms with Crippen molar-refractivity contribution in [2.24, 2.45) is 0 Å². The molecule has 0 aromatic carbocycles. The zero-order chi connectivity index (χ0) is 10.9. The summed E-state index contributed by atoms with van der Waals surface area (Å²) < 4.78 is 40.2. The van der Waals surface area contributed by atoms with Crippen molar-refractivity contribution < 1.29 is 17.9 Å². The van der Waals surface area contributed by atoms with Crippen LogP contribution in [0.15, 0.2) is 0 Å². The lowest BCUT2D eigenvalue weighted by molar-refractivity contribution is -0.135. The van der Waals surface area contributed by atoms with Crippen LogP contribution in [0.5, 0.6) is 0 Å². The summed E-state index contributed by atoms with van der Waals surface area (Å²) >= 11 is 0. The van der Waals surface area contributed by atoms with Crippen molar-refractivity contribution in [1.82, 2.24) is 0 Å². The predicted molar refractivity (Wildman–Crippen MR) is 50.3 cm³/mol. The molecular formula is C10H19F3O. The summed E-state index contributed by atoms with van der Waals surface area (Å²) in [6.45, 7) is 3.38. The lowest BCUT2D eigenvalue weighted by Crippen LogP contribution is -2.06. The van der Waals surface area contributed by atoms with Gasteiger partial charge >= 0.3 is 6.18 Å². The van der Waals surface area contributed by atoms with Crippen LogP contribution in [0.4, 0.5) is 13.2 Å². The van der Waals surface area contributed by atoms with Crippen LogP contribution in [0, 0.1) is 0 Å². The Hall–Kier alpha value is -0.250. The van der Waals surface area contributed by atoms with Gasteiger partial charge in [0.15, 0.2) is 0 Å². The van der Waals surface area contributed by atoms with E-state index in [0.29, 0.717) is 13.0 Å². The van der Waals surface area contributed by atoms with Crippen molar-refractivity contribution in [3.8, 4) is 0 Å². The molecule has 0 fully saturated rings. The Labute approximate surface area is 83.6 Å². The van der Waals surface area contributed by atoms with Crippen molar-refractivity contribution in [3.63, 3.8) is 0 Å². The number of rotatable bonds is 8. The molecule has 0 heterocycles. The molecule has 0 saturated carbocycles. The van der Waals surface area contributed by atoms with E-state index in [0.717, 1.165) is 25.9 Å². The Kier molecular flexibility index (Phi) is 7.95. The molecule has 0 bridgehead atoms. The molecule has 0 aliphatic rings. The van der Waals surface area contributed by atoms with Crippen molar-refractivity contribution in [1.29, 1.82) is 0 Å². The number of hydrogen-bond acceptors (Lipinski definition) is 1. The molecule has 0 aliphatic heterocycles. The first-order chi connectivity index (χ1) is 6.56. The minimum absolute atomic E-state index is 0.262. The third kappa shape index (κ3) is 11.8. The number of hydrogen-bond donors (Lipinski definition) is 0. The molecule has 0 aromatic rings. The first kappa shape index (κ1) is 13.8. The second-order valence-corrected chi connectivity index (χ2v) is 3.33. The summed E-state index contributed by atoms with van der Waals surface area (Å²) in [6, 6.07) is 0. The molecule has 4 heteroatoms. The van der Waals surface area contributed by atoms with Crippen molar-refractivity contribution >= 4 is 0 Å². The van der Waals surface area contributed by atoms with Gasteiger partial charge in [-0.3, -0.25) is 0 Å². The highest BCUT2D eigenvalue weighted by Crippen LogP contribution is 2.22. The molecule has 0 unspecified atom stereocenters. The Morgan fingerprint density at radius 2 is 1.50 bits per heavy atom. The quantitative estimate of drug-likeness (QED) is 0.554. The molecule has 1 nitrogen and oxygen atoms in total. The number of halogens is 3. The molecular weight excluding hydrogens is 193 g/mol. The molecule has 0 aliphatic carbocycles. The molecule has 14 heavy (non-hydrogen) atoms. The maximum Gasteiger partial charge on any atom is 0.389 e. The van der Waals surface area contributed by atoms with Crippen molar-refractivity contribution in [3.05, 3.63) is 0 Å². The Bertz CT molecular complexity index is 123. The summed E-state index contributed by atoms with van der Waals surface area (Å²) in [5.41, 5.74) is 0. The Balaban J connectivity index is 2.99. The minimum Gasteiger partial charge on any atom is -0.382 e. The molecule has 86 valence electrons. The zero-order valence-electron chi connectivity index (χ0n) is 8.70. The summed E-state index contributed by atoms with van der Waals surface area (Å²) in [6.07, 6.45) is -0.881. The summed E-state index contributed by atoms with van der Waals surface area (Å²) in [5, 5.41) is 0. The highest BCUT2D eigenvalue weighted by molar-refractivity contribution is 4.51. The highest BCUT2D eigenvalue weighted by Gasteiger charge is 2.25. The number of unbranched alkanes of at least 4 members (excludes halogenated alkanes) is 4. The van der Waals surface area contributed by atoms with E-state index in [1.165, 1.54) is 0 Å². The van der Waals surface area contributed by atoms with Crippen LogP contribution in [0.2, 0.25) is 0 Å². The van der Waals surface area contributed by atoms with Gasteiger partial charge in [-0.05, 0) is 19.8 Å².